The average Bonchev–Trinajstić information content (AvgIpc) is 3.16. The molecule has 1 aromatic carbocycles. The van der Waals surface area contributed by atoms with E-state index >= 15 is 0 Å². The number of nitrogens with zero attached hydrogens (tertiary/aromatic N) is 1. The highest BCUT2D eigenvalue weighted by atomic mass is 16.1. The van der Waals surface area contributed by atoms with Crippen molar-refractivity contribution in [1.29, 1.82) is 0 Å². The Morgan fingerprint density at radius 3 is 2.78 bits per heavy atom. The summed E-state index contributed by atoms with van der Waals surface area (Å²) >= 11 is 0. The molecule has 3 heteroatoms. The van der Waals surface area contributed by atoms with Gasteiger partial charge in [0.1, 0.15) is 5.69 Å². The Bertz CT molecular complexity index is 717. The van der Waals surface area contributed by atoms with Crippen LogP contribution < -0.4 is 10.9 Å². The fourth-order valence-electron chi connectivity index (χ4n) is 2.20. The second-order valence-electron chi connectivity index (χ2n) is 4.83. The lowest BCUT2D eigenvalue weighted by molar-refractivity contribution is 0.888. The molecule has 3 nitrogen and oxygen atoms in total. The van der Waals surface area contributed by atoms with E-state index in [9.17, 15) is 4.79 Å². The van der Waals surface area contributed by atoms with Crippen LogP contribution in [0.3, 0.4) is 0 Å². The summed E-state index contributed by atoms with van der Waals surface area (Å²) in [5, 5.41) is 4.25. The molecule has 1 aliphatic carbocycles. The summed E-state index contributed by atoms with van der Waals surface area (Å²) in [6.45, 7) is 0. The third kappa shape index (κ3) is 1.58. The largest absolute Gasteiger partial charge is 0.365 e. The maximum atomic E-state index is 12.2. The van der Waals surface area contributed by atoms with Gasteiger partial charge in [0.05, 0.1) is 11.1 Å². The lowest BCUT2D eigenvalue weighted by Crippen LogP contribution is -2.27. The van der Waals surface area contributed by atoms with Crippen LogP contribution in [0.5, 0.6) is 0 Å². The van der Waals surface area contributed by atoms with Crippen LogP contribution in [0.15, 0.2) is 35.1 Å². The smallest absolute Gasteiger partial charge is 0.274 e. The third-order valence-corrected chi connectivity index (χ3v) is 3.53. The van der Waals surface area contributed by atoms with E-state index in [0.29, 0.717) is 5.69 Å². The zero-order valence-corrected chi connectivity index (χ0v) is 10.2. The number of pyridine rings is 1. The monoisotopic (exact) mass is 238 g/mol. The number of hydrogen-bond donors (Lipinski definition) is 1. The van der Waals surface area contributed by atoms with Crippen molar-refractivity contribution in [2.24, 2.45) is 7.05 Å². The van der Waals surface area contributed by atoms with E-state index in [0.717, 1.165) is 23.7 Å². The topological polar surface area (TPSA) is 34.0 Å². The number of fused-ring (bicyclic) bond motifs is 1. The number of anilines is 1. The van der Waals surface area contributed by atoms with Crippen LogP contribution in [0, 0.1) is 12.3 Å². The van der Waals surface area contributed by atoms with Crippen molar-refractivity contribution in [3.05, 3.63) is 40.7 Å². The maximum absolute atomic E-state index is 12.2. The standard InChI is InChI=1S/C15H14N2O/c1-3-15(8-9-15)16-12-10-11-6-4-5-7-13(11)17(2)14(12)18/h1,4-7,10,16H,8-9H2,2H3. The molecular weight excluding hydrogens is 224 g/mol. The van der Waals surface area contributed by atoms with Gasteiger partial charge < -0.3 is 9.88 Å². The number of nitrogens with one attached hydrogen (secondary N) is 1. The van der Waals surface area contributed by atoms with Gasteiger partial charge in [-0.05, 0) is 25.0 Å². The van der Waals surface area contributed by atoms with Gasteiger partial charge in [-0.1, -0.05) is 24.1 Å². The second kappa shape index (κ2) is 3.64. The van der Waals surface area contributed by atoms with Crippen LogP contribution in [0.1, 0.15) is 12.8 Å². The maximum Gasteiger partial charge on any atom is 0.274 e. The van der Waals surface area contributed by atoms with E-state index in [2.05, 4.69) is 11.2 Å². The molecule has 0 saturated heterocycles. The molecule has 1 aliphatic rings. The minimum atomic E-state index is -0.297. The number of para-hydroxylation sites is 1. The number of benzene rings is 1. The molecule has 0 unspecified atom stereocenters. The van der Waals surface area contributed by atoms with Crippen molar-refractivity contribution >= 4 is 16.6 Å². The predicted molar refractivity (Wildman–Crippen MR) is 73.6 cm³/mol. The Hall–Kier alpha value is -2.21. The first-order chi connectivity index (χ1) is 8.65. The summed E-state index contributed by atoms with van der Waals surface area (Å²) < 4.78 is 1.66. The van der Waals surface area contributed by atoms with Gasteiger partial charge in [0, 0.05) is 12.4 Å². The predicted octanol–water partition coefficient (Wildman–Crippen LogP) is 2.12. The van der Waals surface area contributed by atoms with E-state index in [1.165, 1.54) is 0 Å². The third-order valence-electron chi connectivity index (χ3n) is 3.53. The lowest BCUT2D eigenvalue weighted by atomic mass is 10.2. The highest BCUT2D eigenvalue weighted by molar-refractivity contribution is 5.82. The first kappa shape index (κ1) is 10.9. The SMILES string of the molecule is C#CC1(Nc2cc3ccccc3n(C)c2=O)CC1. The number of rotatable bonds is 2. The molecule has 1 saturated carbocycles. The minimum Gasteiger partial charge on any atom is -0.365 e. The van der Waals surface area contributed by atoms with Crippen molar-refractivity contribution in [1.82, 2.24) is 4.57 Å². The molecule has 1 N–H and O–H groups in total. The lowest BCUT2D eigenvalue weighted by Gasteiger charge is -2.14. The molecule has 2 aromatic rings. The second-order valence-corrected chi connectivity index (χ2v) is 4.83. The first-order valence-electron chi connectivity index (χ1n) is 6.00. The Morgan fingerprint density at radius 2 is 2.11 bits per heavy atom. The van der Waals surface area contributed by atoms with Crippen LogP contribution in [0.25, 0.3) is 10.9 Å². The van der Waals surface area contributed by atoms with E-state index in [-0.39, 0.29) is 11.1 Å². The highest BCUT2D eigenvalue weighted by Gasteiger charge is 2.41. The van der Waals surface area contributed by atoms with E-state index in [1.807, 2.05) is 30.3 Å². The van der Waals surface area contributed by atoms with E-state index in [4.69, 9.17) is 6.42 Å². The molecule has 0 spiro atoms. The summed E-state index contributed by atoms with van der Waals surface area (Å²) in [5.74, 6) is 2.74. The summed E-state index contributed by atoms with van der Waals surface area (Å²) in [4.78, 5) is 12.2. The first-order valence-corrected chi connectivity index (χ1v) is 6.00. The fourth-order valence-corrected chi connectivity index (χ4v) is 2.20. The number of terminal acetylenes is 1. The van der Waals surface area contributed by atoms with Gasteiger partial charge >= 0.3 is 0 Å². The Balaban J connectivity index is 2.16. The van der Waals surface area contributed by atoms with Crippen molar-refractivity contribution in [3.8, 4) is 12.3 Å². The molecule has 1 aromatic heterocycles. The number of aryl methyl sites for hydroxylation is 1. The number of hydrogen-bond acceptors (Lipinski definition) is 2. The zero-order chi connectivity index (χ0) is 12.8. The summed E-state index contributed by atoms with van der Waals surface area (Å²) in [6.07, 6.45) is 7.36. The van der Waals surface area contributed by atoms with Gasteiger partial charge in [-0.15, -0.1) is 6.42 Å². The summed E-state index contributed by atoms with van der Waals surface area (Å²) in [6, 6.07) is 9.71. The van der Waals surface area contributed by atoms with Crippen LogP contribution in [0.2, 0.25) is 0 Å². The van der Waals surface area contributed by atoms with Crippen molar-refractivity contribution in [2.45, 2.75) is 18.4 Å². The van der Waals surface area contributed by atoms with Crippen molar-refractivity contribution in [2.75, 3.05) is 5.32 Å². The van der Waals surface area contributed by atoms with Crippen LogP contribution >= 0.6 is 0 Å². The van der Waals surface area contributed by atoms with Crippen molar-refractivity contribution in [3.63, 3.8) is 0 Å². The Labute approximate surface area is 105 Å². The molecular formula is C15H14N2O. The van der Waals surface area contributed by atoms with Gasteiger partial charge in [0.25, 0.3) is 5.56 Å². The minimum absolute atomic E-state index is 0.0322. The Morgan fingerprint density at radius 1 is 1.39 bits per heavy atom. The highest BCUT2D eigenvalue weighted by Crippen LogP contribution is 2.37. The van der Waals surface area contributed by atoms with Gasteiger partial charge in [0.2, 0.25) is 0 Å². The average molecular weight is 238 g/mol. The van der Waals surface area contributed by atoms with Crippen LogP contribution in [0.4, 0.5) is 5.69 Å². The molecule has 0 bridgehead atoms. The molecule has 0 radical (unpaired) electrons. The van der Waals surface area contributed by atoms with Crippen LogP contribution in [-0.2, 0) is 7.05 Å². The molecule has 3 rings (SSSR count). The van der Waals surface area contributed by atoms with E-state index in [1.54, 1.807) is 11.6 Å². The van der Waals surface area contributed by atoms with E-state index < -0.39 is 0 Å². The summed E-state index contributed by atoms with van der Waals surface area (Å²) in [5.41, 5.74) is 1.19. The molecule has 0 atom stereocenters. The van der Waals surface area contributed by atoms with Gasteiger partial charge in [0.15, 0.2) is 0 Å². The van der Waals surface area contributed by atoms with Gasteiger partial charge in [-0.2, -0.15) is 0 Å². The number of aromatic nitrogens is 1. The molecule has 0 amide bonds. The molecule has 1 heterocycles. The van der Waals surface area contributed by atoms with Crippen molar-refractivity contribution < 1.29 is 0 Å². The molecule has 18 heavy (non-hydrogen) atoms. The van der Waals surface area contributed by atoms with Crippen LogP contribution in [-0.4, -0.2) is 10.1 Å². The molecule has 1 fully saturated rings. The molecule has 0 aliphatic heterocycles. The quantitative estimate of drug-likeness (QED) is 0.813. The van der Waals surface area contributed by atoms with Gasteiger partial charge in [-0.25, -0.2) is 0 Å². The molecule has 90 valence electrons. The van der Waals surface area contributed by atoms with Gasteiger partial charge in [-0.3, -0.25) is 4.79 Å². The summed E-state index contributed by atoms with van der Waals surface area (Å²) in [7, 11) is 1.78. The zero-order valence-electron chi connectivity index (χ0n) is 10.2. The normalized spacial score (nSPS) is 16.2. The fraction of sp³-hybridized carbons (Fsp3) is 0.267. The Kier molecular flexibility index (Phi) is 2.21.